The van der Waals surface area contributed by atoms with E-state index in [-0.39, 0.29) is 12.5 Å². The van der Waals surface area contributed by atoms with Crippen LogP contribution in [0.25, 0.3) is 11.0 Å². The van der Waals surface area contributed by atoms with E-state index in [1.54, 1.807) is 18.9 Å². The quantitative estimate of drug-likeness (QED) is 0.488. The standard InChI is InChI=1S/C20H21N3O2S/c1-3-12-26-20-22-16-9-5-6-10-17(16)23(20)14-19(24)21-13-15-8-4-7-11-18(15)25-2/h3-11H,1,12-14H2,2H3,(H,21,24). The number of amides is 1. The Bertz CT molecular complexity index is 920. The van der Waals surface area contributed by atoms with Gasteiger partial charge in [0, 0.05) is 17.9 Å². The summed E-state index contributed by atoms with van der Waals surface area (Å²) in [6.45, 7) is 4.39. The SMILES string of the molecule is C=CCSc1nc2ccccc2n1CC(=O)NCc1ccccc1OC. The normalized spacial score (nSPS) is 10.7. The van der Waals surface area contributed by atoms with E-state index in [0.29, 0.717) is 6.54 Å². The van der Waals surface area contributed by atoms with Crippen LogP contribution in [0.1, 0.15) is 5.56 Å². The first-order chi connectivity index (χ1) is 12.7. The molecule has 6 heteroatoms. The number of ether oxygens (including phenoxy) is 1. The van der Waals surface area contributed by atoms with E-state index in [4.69, 9.17) is 4.74 Å². The summed E-state index contributed by atoms with van der Waals surface area (Å²) >= 11 is 1.57. The van der Waals surface area contributed by atoms with Crippen LogP contribution in [0.3, 0.4) is 0 Å². The fraction of sp³-hybridized carbons (Fsp3) is 0.200. The topological polar surface area (TPSA) is 56.2 Å². The summed E-state index contributed by atoms with van der Waals surface area (Å²) in [4.78, 5) is 17.2. The third-order valence-electron chi connectivity index (χ3n) is 3.92. The summed E-state index contributed by atoms with van der Waals surface area (Å²) in [6.07, 6.45) is 1.83. The second-order valence-electron chi connectivity index (χ2n) is 5.66. The zero-order chi connectivity index (χ0) is 18.4. The highest BCUT2D eigenvalue weighted by Crippen LogP contribution is 2.24. The molecule has 0 aliphatic heterocycles. The largest absolute Gasteiger partial charge is 0.496 e. The molecule has 0 fully saturated rings. The Balaban J connectivity index is 1.75. The zero-order valence-corrected chi connectivity index (χ0v) is 15.5. The number of para-hydroxylation sites is 3. The van der Waals surface area contributed by atoms with Gasteiger partial charge < -0.3 is 14.6 Å². The average molecular weight is 367 g/mol. The van der Waals surface area contributed by atoms with Gasteiger partial charge >= 0.3 is 0 Å². The highest BCUT2D eigenvalue weighted by atomic mass is 32.2. The molecule has 1 amide bonds. The fourth-order valence-electron chi connectivity index (χ4n) is 2.69. The Kier molecular flexibility index (Phi) is 5.96. The van der Waals surface area contributed by atoms with Crippen LogP contribution in [0.15, 0.2) is 66.3 Å². The number of carbonyl (C=O) groups excluding carboxylic acids is 1. The number of nitrogens with zero attached hydrogens (tertiary/aromatic N) is 2. The molecule has 0 spiro atoms. The van der Waals surface area contributed by atoms with Crippen molar-refractivity contribution in [1.29, 1.82) is 0 Å². The number of fused-ring (bicyclic) bond motifs is 1. The van der Waals surface area contributed by atoms with Gasteiger partial charge in [-0.15, -0.1) is 6.58 Å². The van der Waals surface area contributed by atoms with Gasteiger partial charge in [-0.3, -0.25) is 4.79 Å². The van der Waals surface area contributed by atoms with Crippen molar-refractivity contribution in [3.05, 3.63) is 66.7 Å². The van der Waals surface area contributed by atoms with Crippen LogP contribution in [0.5, 0.6) is 5.75 Å². The van der Waals surface area contributed by atoms with Gasteiger partial charge in [0.05, 0.1) is 18.1 Å². The maximum absolute atomic E-state index is 12.5. The molecular formula is C20H21N3O2S. The number of carbonyl (C=O) groups is 1. The minimum absolute atomic E-state index is 0.0699. The molecule has 2 aromatic carbocycles. The number of nitrogens with one attached hydrogen (secondary N) is 1. The Labute approximate surface area is 157 Å². The Morgan fingerprint density at radius 3 is 2.85 bits per heavy atom. The second kappa shape index (κ2) is 8.58. The van der Waals surface area contributed by atoms with Crippen molar-refractivity contribution in [3.63, 3.8) is 0 Å². The highest BCUT2D eigenvalue weighted by Gasteiger charge is 2.14. The molecule has 0 saturated carbocycles. The van der Waals surface area contributed by atoms with Gasteiger partial charge in [-0.1, -0.05) is 48.2 Å². The molecule has 3 aromatic rings. The summed E-state index contributed by atoms with van der Waals surface area (Å²) in [7, 11) is 1.63. The lowest BCUT2D eigenvalue weighted by molar-refractivity contribution is -0.121. The summed E-state index contributed by atoms with van der Waals surface area (Å²) in [5.74, 6) is 1.44. The molecule has 0 bridgehead atoms. The molecule has 134 valence electrons. The van der Waals surface area contributed by atoms with E-state index in [1.807, 2.05) is 59.2 Å². The van der Waals surface area contributed by atoms with Gasteiger partial charge in [-0.2, -0.15) is 0 Å². The van der Waals surface area contributed by atoms with Crippen LogP contribution in [-0.2, 0) is 17.9 Å². The van der Waals surface area contributed by atoms with E-state index in [1.165, 1.54) is 0 Å². The molecule has 0 unspecified atom stereocenters. The van der Waals surface area contributed by atoms with Crippen molar-refractivity contribution in [2.45, 2.75) is 18.2 Å². The third kappa shape index (κ3) is 4.08. The summed E-state index contributed by atoms with van der Waals surface area (Å²) in [5, 5.41) is 3.78. The third-order valence-corrected chi connectivity index (χ3v) is 4.89. The van der Waals surface area contributed by atoms with E-state index in [2.05, 4.69) is 16.9 Å². The number of hydrogen-bond donors (Lipinski definition) is 1. The van der Waals surface area contributed by atoms with Crippen molar-refractivity contribution in [2.24, 2.45) is 0 Å². The van der Waals surface area contributed by atoms with Crippen molar-refractivity contribution in [2.75, 3.05) is 12.9 Å². The van der Waals surface area contributed by atoms with Gasteiger partial charge in [0.15, 0.2) is 5.16 Å². The van der Waals surface area contributed by atoms with Crippen LogP contribution in [0.2, 0.25) is 0 Å². The van der Waals surface area contributed by atoms with E-state index < -0.39 is 0 Å². The summed E-state index contributed by atoms with van der Waals surface area (Å²) in [5.41, 5.74) is 2.78. The molecule has 0 radical (unpaired) electrons. The minimum atomic E-state index is -0.0699. The van der Waals surface area contributed by atoms with Crippen LogP contribution in [0.4, 0.5) is 0 Å². The highest BCUT2D eigenvalue weighted by molar-refractivity contribution is 7.99. The number of benzene rings is 2. The van der Waals surface area contributed by atoms with Gasteiger partial charge in [0.1, 0.15) is 12.3 Å². The maximum atomic E-state index is 12.5. The smallest absolute Gasteiger partial charge is 0.240 e. The van der Waals surface area contributed by atoms with E-state index >= 15 is 0 Å². The molecule has 1 aromatic heterocycles. The van der Waals surface area contributed by atoms with Crippen molar-refractivity contribution in [1.82, 2.24) is 14.9 Å². The first kappa shape index (κ1) is 18.1. The van der Waals surface area contributed by atoms with Crippen molar-refractivity contribution >= 4 is 28.7 Å². The average Bonchev–Trinajstić information content (AvgIpc) is 3.02. The van der Waals surface area contributed by atoms with E-state index in [0.717, 1.165) is 33.3 Å². The predicted octanol–water partition coefficient (Wildman–Crippen LogP) is 3.64. The minimum Gasteiger partial charge on any atom is -0.496 e. The van der Waals surface area contributed by atoms with Gasteiger partial charge in [0.25, 0.3) is 0 Å². The molecule has 1 heterocycles. The fourth-order valence-corrected chi connectivity index (χ4v) is 3.44. The molecule has 3 rings (SSSR count). The lowest BCUT2D eigenvalue weighted by Gasteiger charge is -2.11. The van der Waals surface area contributed by atoms with Gasteiger partial charge in [-0.25, -0.2) is 4.98 Å². The summed E-state index contributed by atoms with van der Waals surface area (Å²) in [6, 6.07) is 15.5. The van der Waals surface area contributed by atoms with Crippen LogP contribution in [-0.4, -0.2) is 28.3 Å². The molecule has 0 aliphatic rings. The van der Waals surface area contributed by atoms with Crippen molar-refractivity contribution in [3.8, 4) is 5.75 Å². The zero-order valence-electron chi connectivity index (χ0n) is 14.6. The number of hydrogen-bond acceptors (Lipinski definition) is 4. The van der Waals surface area contributed by atoms with E-state index in [9.17, 15) is 4.79 Å². The molecule has 26 heavy (non-hydrogen) atoms. The second-order valence-corrected chi connectivity index (χ2v) is 6.64. The number of aromatic nitrogens is 2. The maximum Gasteiger partial charge on any atom is 0.240 e. The number of rotatable bonds is 8. The van der Waals surface area contributed by atoms with Gasteiger partial charge in [0.2, 0.25) is 5.91 Å². The number of thioether (sulfide) groups is 1. The molecule has 5 nitrogen and oxygen atoms in total. The first-order valence-electron chi connectivity index (χ1n) is 8.30. The molecule has 0 saturated heterocycles. The molecule has 1 N–H and O–H groups in total. The van der Waals surface area contributed by atoms with Gasteiger partial charge in [-0.05, 0) is 18.2 Å². The monoisotopic (exact) mass is 367 g/mol. The molecule has 0 aliphatic carbocycles. The predicted molar refractivity (Wildman–Crippen MR) is 105 cm³/mol. The van der Waals surface area contributed by atoms with Crippen LogP contribution >= 0.6 is 11.8 Å². The Hall–Kier alpha value is -2.73. The number of imidazole rings is 1. The molecule has 0 atom stereocenters. The summed E-state index contributed by atoms with van der Waals surface area (Å²) < 4.78 is 7.27. The van der Waals surface area contributed by atoms with Crippen LogP contribution < -0.4 is 10.1 Å². The number of methoxy groups -OCH3 is 1. The lowest BCUT2D eigenvalue weighted by atomic mass is 10.2. The van der Waals surface area contributed by atoms with Crippen LogP contribution in [0, 0.1) is 0 Å². The van der Waals surface area contributed by atoms with Crippen molar-refractivity contribution < 1.29 is 9.53 Å². The Morgan fingerprint density at radius 1 is 1.27 bits per heavy atom. The Morgan fingerprint density at radius 2 is 2.04 bits per heavy atom. The lowest BCUT2D eigenvalue weighted by Crippen LogP contribution is -2.27. The molecular weight excluding hydrogens is 346 g/mol. The first-order valence-corrected chi connectivity index (χ1v) is 9.29.